The summed E-state index contributed by atoms with van der Waals surface area (Å²) < 4.78 is 0. The molecule has 1 saturated heterocycles. The Hall–Kier alpha value is -2.83. The van der Waals surface area contributed by atoms with Crippen molar-refractivity contribution in [3.63, 3.8) is 0 Å². The van der Waals surface area contributed by atoms with Crippen LogP contribution < -0.4 is 10.2 Å². The van der Waals surface area contributed by atoms with Crippen molar-refractivity contribution in [1.29, 1.82) is 0 Å². The first-order valence-corrected chi connectivity index (χ1v) is 11.4. The van der Waals surface area contributed by atoms with Gasteiger partial charge < -0.3 is 15.1 Å². The van der Waals surface area contributed by atoms with Gasteiger partial charge in [-0.3, -0.25) is 9.59 Å². The Morgan fingerprint density at radius 2 is 1.77 bits per heavy atom. The van der Waals surface area contributed by atoms with E-state index in [1.807, 2.05) is 16.3 Å². The second kappa shape index (κ2) is 9.12. The van der Waals surface area contributed by atoms with Gasteiger partial charge in [-0.15, -0.1) is 11.3 Å². The molecule has 3 aromatic rings. The van der Waals surface area contributed by atoms with E-state index in [1.165, 1.54) is 28.2 Å². The van der Waals surface area contributed by atoms with Crippen LogP contribution in [0.15, 0.2) is 53.9 Å². The second-order valence-corrected chi connectivity index (χ2v) is 8.98. The fraction of sp³-hybridized carbons (Fsp3) is 0.250. The molecule has 1 aromatic heterocycles. The summed E-state index contributed by atoms with van der Waals surface area (Å²) in [7, 11) is 0. The SMILES string of the molecule is Cc1cccc(N2CCN(C(=O)c3ccc(Cl)c(NC(=O)c4cccs4)c3)CC2)c1C. The van der Waals surface area contributed by atoms with Gasteiger partial charge in [-0.1, -0.05) is 29.8 Å². The number of halogens is 1. The zero-order valence-electron chi connectivity index (χ0n) is 17.5. The number of benzene rings is 2. The lowest BCUT2D eigenvalue weighted by molar-refractivity contribution is 0.0746. The number of rotatable bonds is 4. The van der Waals surface area contributed by atoms with Crippen LogP contribution in [-0.2, 0) is 0 Å². The molecule has 0 saturated carbocycles. The van der Waals surface area contributed by atoms with E-state index in [9.17, 15) is 9.59 Å². The summed E-state index contributed by atoms with van der Waals surface area (Å²) in [6.45, 7) is 7.12. The molecule has 1 aliphatic heterocycles. The first kappa shape index (κ1) is 21.4. The number of thiophene rings is 1. The van der Waals surface area contributed by atoms with E-state index in [2.05, 4.69) is 42.3 Å². The van der Waals surface area contributed by atoms with Crippen LogP contribution in [0.5, 0.6) is 0 Å². The Morgan fingerprint density at radius 1 is 1.00 bits per heavy atom. The van der Waals surface area contributed by atoms with E-state index in [0.29, 0.717) is 34.2 Å². The van der Waals surface area contributed by atoms with E-state index in [-0.39, 0.29) is 11.8 Å². The van der Waals surface area contributed by atoms with Gasteiger partial charge in [0.15, 0.2) is 0 Å². The van der Waals surface area contributed by atoms with Gasteiger partial charge in [-0.25, -0.2) is 0 Å². The van der Waals surface area contributed by atoms with Crippen molar-refractivity contribution >= 4 is 46.1 Å². The molecule has 2 amide bonds. The van der Waals surface area contributed by atoms with Crippen LogP contribution in [0.2, 0.25) is 5.02 Å². The van der Waals surface area contributed by atoms with Crippen molar-refractivity contribution in [1.82, 2.24) is 4.90 Å². The number of carbonyl (C=O) groups excluding carboxylic acids is 2. The molecule has 0 radical (unpaired) electrons. The van der Waals surface area contributed by atoms with Crippen LogP contribution in [0.1, 0.15) is 31.2 Å². The number of aryl methyl sites for hydroxylation is 1. The number of nitrogens with one attached hydrogen (secondary N) is 1. The molecular formula is C24H24ClN3O2S. The lowest BCUT2D eigenvalue weighted by atomic mass is 10.1. The molecule has 0 bridgehead atoms. The van der Waals surface area contributed by atoms with Gasteiger partial charge in [0, 0.05) is 37.4 Å². The Bertz CT molecular complexity index is 1110. The fourth-order valence-electron chi connectivity index (χ4n) is 3.76. The number of carbonyl (C=O) groups is 2. The number of nitrogens with zero attached hydrogens (tertiary/aromatic N) is 2. The maximum Gasteiger partial charge on any atom is 0.265 e. The highest BCUT2D eigenvalue weighted by Gasteiger charge is 2.24. The molecule has 0 aliphatic carbocycles. The topological polar surface area (TPSA) is 52.6 Å². The van der Waals surface area contributed by atoms with Crippen LogP contribution in [-0.4, -0.2) is 42.9 Å². The largest absolute Gasteiger partial charge is 0.368 e. The molecular weight excluding hydrogens is 430 g/mol. The molecule has 31 heavy (non-hydrogen) atoms. The number of anilines is 2. The minimum Gasteiger partial charge on any atom is -0.368 e. The van der Waals surface area contributed by atoms with E-state index in [0.717, 1.165) is 13.1 Å². The molecule has 5 nitrogen and oxygen atoms in total. The summed E-state index contributed by atoms with van der Waals surface area (Å²) >= 11 is 7.62. The zero-order valence-corrected chi connectivity index (χ0v) is 19.1. The molecule has 7 heteroatoms. The van der Waals surface area contributed by atoms with E-state index in [4.69, 9.17) is 11.6 Å². The highest BCUT2D eigenvalue weighted by atomic mass is 35.5. The Kier molecular flexibility index (Phi) is 6.30. The lowest BCUT2D eigenvalue weighted by Crippen LogP contribution is -2.49. The van der Waals surface area contributed by atoms with Gasteiger partial charge in [-0.05, 0) is 60.7 Å². The average molecular weight is 454 g/mol. The summed E-state index contributed by atoms with van der Waals surface area (Å²) in [6.07, 6.45) is 0. The minimum atomic E-state index is -0.233. The van der Waals surface area contributed by atoms with Crippen LogP contribution in [0.3, 0.4) is 0 Å². The zero-order chi connectivity index (χ0) is 22.0. The van der Waals surface area contributed by atoms with Gasteiger partial charge >= 0.3 is 0 Å². The van der Waals surface area contributed by atoms with Gasteiger partial charge in [0.25, 0.3) is 11.8 Å². The predicted molar refractivity (Wildman–Crippen MR) is 128 cm³/mol. The summed E-state index contributed by atoms with van der Waals surface area (Å²) in [5.74, 6) is -0.285. The minimum absolute atomic E-state index is 0.0519. The first-order chi connectivity index (χ1) is 14.9. The molecule has 0 atom stereocenters. The number of hydrogen-bond donors (Lipinski definition) is 1. The summed E-state index contributed by atoms with van der Waals surface area (Å²) in [4.78, 5) is 30.3. The maximum atomic E-state index is 13.1. The molecule has 2 aromatic carbocycles. The smallest absolute Gasteiger partial charge is 0.265 e. The predicted octanol–water partition coefficient (Wildman–Crippen LogP) is 5.23. The standard InChI is InChI=1S/C24H24ClN3O2S/c1-16-5-3-6-21(17(16)2)27-10-12-28(13-11-27)24(30)18-8-9-19(25)20(15-18)26-23(29)22-7-4-14-31-22/h3-9,14-15H,10-13H2,1-2H3,(H,26,29). The summed E-state index contributed by atoms with van der Waals surface area (Å²) in [6, 6.07) is 14.9. The van der Waals surface area contributed by atoms with E-state index >= 15 is 0 Å². The van der Waals surface area contributed by atoms with Gasteiger partial charge in [0.1, 0.15) is 0 Å². The second-order valence-electron chi connectivity index (χ2n) is 7.62. The van der Waals surface area contributed by atoms with Gasteiger partial charge in [0.2, 0.25) is 0 Å². The van der Waals surface area contributed by atoms with E-state index < -0.39 is 0 Å². The maximum absolute atomic E-state index is 13.1. The summed E-state index contributed by atoms with van der Waals surface area (Å²) in [5.41, 5.74) is 4.75. The van der Waals surface area contributed by atoms with Crippen molar-refractivity contribution in [2.45, 2.75) is 13.8 Å². The van der Waals surface area contributed by atoms with Crippen molar-refractivity contribution in [3.05, 3.63) is 80.5 Å². The molecule has 1 N–H and O–H groups in total. The third-order valence-electron chi connectivity index (χ3n) is 5.69. The summed E-state index contributed by atoms with van der Waals surface area (Å²) in [5, 5.41) is 5.06. The van der Waals surface area contributed by atoms with E-state index in [1.54, 1.807) is 24.3 Å². The normalized spacial score (nSPS) is 13.9. The average Bonchev–Trinajstić information content (AvgIpc) is 3.32. The van der Waals surface area contributed by atoms with Crippen LogP contribution in [0.25, 0.3) is 0 Å². The van der Waals surface area contributed by atoms with Gasteiger partial charge in [-0.2, -0.15) is 0 Å². The fourth-order valence-corrected chi connectivity index (χ4v) is 4.54. The Balaban J connectivity index is 1.44. The van der Waals surface area contributed by atoms with Crippen molar-refractivity contribution in [2.24, 2.45) is 0 Å². The van der Waals surface area contributed by atoms with Crippen LogP contribution >= 0.6 is 22.9 Å². The van der Waals surface area contributed by atoms with Crippen molar-refractivity contribution < 1.29 is 9.59 Å². The third kappa shape index (κ3) is 4.60. The third-order valence-corrected chi connectivity index (χ3v) is 6.89. The first-order valence-electron chi connectivity index (χ1n) is 10.2. The Labute approximate surface area is 191 Å². The van der Waals surface area contributed by atoms with Crippen LogP contribution in [0.4, 0.5) is 11.4 Å². The quantitative estimate of drug-likeness (QED) is 0.588. The molecule has 160 valence electrons. The van der Waals surface area contributed by atoms with Crippen LogP contribution in [0, 0.1) is 13.8 Å². The molecule has 1 fully saturated rings. The highest BCUT2D eigenvalue weighted by Crippen LogP contribution is 2.27. The van der Waals surface area contributed by atoms with Crippen molar-refractivity contribution in [3.8, 4) is 0 Å². The molecule has 4 rings (SSSR count). The monoisotopic (exact) mass is 453 g/mol. The molecule has 2 heterocycles. The number of amides is 2. The van der Waals surface area contributed by atoms with Gasteiger partial charge in [0.05, 0.1) is 15.6 Å². The number of hydrogen-bond acceptors (Lipinski definition) is 4. The number of piperazine rings is 1. The Morgan fingerprint density at radius 3 is 2.48 bits per heavy atom. The lowest BCUT2D eigenvalue weighted by Gasteiger charge is -2.37. The van der Waals surface area contributed by atoms with Crippen molar-refractivity contribution in [2.75, 3.05) is 36.4 Å². The molecule has 1 aliphatic rings. The molecule has 0 unspecified atom stereocenters. The molecule has 0 spiro atoms. The highest BCUT2D eigenvalue weighted by molar-refractivity contribution is 7.12.